The van der Waals surface area contributed by atoms with Crippen LogP contribution in [-0.4, -0.2) is 12.6 Å². The van der Waals surface area contributed by atoms with Crippen molar-refractivity contribution < 1.29 is 8.78 Å². The lowest BCUT2D eigenvalue weighted by Crippen LogP contribution is -2.26. The van der Waals surface area contributed by atoms with Crippen molar-refractivity contribution in [3.05, 3.63) is 35.4 Å². The molecule has 1 N–H and O–H groups in total. The van der Waals surface area contributed by atoms with Crippen molar-refractivity contribution in [2.45, 2.75) is 38.6 Å². The van der Waals surface area contributed by atoms with Gasteiger partial charge in [-0.05, 0) is 43.9 Å². The third-order valence-electron chi connectivity index (χ3n) is 3.40. The van der Waals surface area contributed by atoms with Crippen LogP contribution in [0.3, 0.4) is 0 Å². The van der Waals surface area contributed by atoms with Gasteiger partial charge in [-0.15, -0.1) is 0 Å². The van der Waals surface area contributed by atoms with Gasteiger partial charge < -0.3 is 5.32 Å². The van der Waals surface area contributed by atoms with Crippen LogP contribution >= 0.6 is 0 Å². The van der Waals surface area contributed by atoms with Crippen molar-refractivity contribution in [2.75, 3.05) is 6.54 Å². The fourth-order valence-corrected chi connectivity index (χ4v) is 2.00. The summed E-state index contributed by atoms with van der Waals surface area (Å²) in [6.45, 7) is 2.92. The Hall–Kier alpha value is -0.960. The largest absolute Gasteiger partial charge is 0.314 e. The van der Waals surface area contributed by atoms with E-state index in [1.807, 2.05) is 0 Å². The zero-order valence-electron chi connectivity index (χ0n) is 10.2. The van der Waals surface area contributed by atoms with Gasteiger partial charge in [0.25, 0.3) is 0 Å². The highest BCUT2D eigenvalue weighted by molar-refractivity contribution is 5.20. The maximum absolute atomic E-state index is 13.5. The number of rotatable bonds is 6. The van der Waals surface area contributed by atoms with Crippen molar-refractivity contribution in [1.29, 1.82) is 0 Å². The summed E-state index contributed by atoms with van der Waals surface area (Å²) in [5.74, 6) is -0.535. The fourth-order valence-electron chi connectivity index (χ4n) is 2.00. The van der Waals surface area contributed by atoms with Gasteiger partial charge >= 0.3 is 0 Å². The average Bonchev–Trinajstić information content (AvgIpc) is 3.12. The molecule has 1 aromatic rings. The van der Waals surface area contributed by atoms with Crippen molar-refractivity contribution in [3.63, 3.8) is 0 Å². The Bertz CT molecular complexity index is 354. The molecule has 94 valence electrons. The number of nitrogens with one attached hydrogen (secondary N) is 1. The second-order valence-electron chi connectivity index (χ2n) is 4.86. The van der Waals surface area contributed by atoms with E-state index >= 15 is 0 Å². The first-order chi connectivity index (χ1) is 8.20. The Labute approximate surface area is 101 Å². The van der Waals surface area contributed by atoms with Crippen LogP contribution in [0, 0.1) is 17.6 Å². The topological polar surface area (TPSA) is 12.0 Å². The molecule has 0 spiro atoms. The number of halogens is 2. The van der Waals surface area contributed by atoms with Crippen LogP contribution in [0.1, 0.15) is 31.7 Å². The summed E-state index contributed by atoms with van der Waals surface area (Å²) >= 11 is 0. The summed E-state index contributed by atoms with van der Waals surface area (Å²) in [6, 6.07) is 4.73. The normalized spacial score (nSPS) is 17.1. The molecule has 2 rings (SSSR count). The van der Waals surface area contributed by atoms with Crippen molar-refractivity contribution >= 4 is 0 Å². The molecule has 1 fully saturated rings. The molecular formula is C14H19F2N. The zero-order chi connectivity index (χ0) is 12.3. The highest BCUT2D eigenvalue weighted by atomic mass is 19.1. The lowest BCUT2D eigenvalue weighted by Gasteiger charge is -2.16. The maximum atomic E-state index is 13.5. The fraction of sp³-hybridized carbons (Fsp3) is 0.571. The Morgan fingerprint density at radius 3 is 2.47 bits per heavy atom. The number of hydrogen-bond donors (Lipinski definition) is 1. The van der Waals surface area contributed by atoms with Crippen LogP contribution in [0.4, 0.5) is 8.78 Å². The minimum atomic E-state index is -0.421. The van der Waals surface area contributed by atoms with E-state index in [9.17, 15) is 8.78 Å². The monoisotopic (exact) mass is 239 g/mol. The van der Waals surface area contributed by atoms with Gasteiger partial charge in [0, 0.05) is 11.6 Å². The number of benzene rings is 1. The van der Waals surface area contributed by atoms with Crippen LogP contribution < -0.4 is 5.32 Å². The predicted octanol–water partition coefficient (Wildman–Crippen LogP) is 3.29. The zero-order valence-corrected chi connectivity index (χ0v) is 10.2. The van der Waals surface area contributed by atoms with Gasteiger partial charge in [0.2, 0.25) is 0 Å². The highest BCUT2D eigenvalue weighted by Crippen LogP contribution is 2.21. The van der Waals surface area contributed by atoms with Gasteiger partial charge in [0.1, 0.15) is 11.6 Å². The Balaban J connectivity index is 1.96. The first-order valence-electron chi connectivity index (χ1n) is 6.37. The minimum Gasteiger partial charge on any atom is -0.314 e. The van der Waals surface area contributed by atoms with Crippen LogP contribution in [0.25, 0.3) is 0 Å². The molecule has 0 bridgehead atoms. The van der Waals surface area contributed by atoms with Crippen molar-refractivity contribution in [3.8, 4) is 0 Å². The molecule has 17 heavy (non-hydrogen) atoms. The van der Waals surface area contributed by atoms with E-state index in [1.54, 1.807) is 0 Å². The molecule has 1 aliphatic carbocycles. The van der Waals surface area contributed by atoms with E-state index in [1.165, 1.54) is 31.0 Å². The maximum Gasteiger partial charge on any atom is 0.129 e. The molecular weight excluding hydrogens is 220 g/mol. The predicted molar refractivity (Wildman–Crippen MR) is 64.9 cm³/mol. The molecule has 3 heteroatoms. The summed E-state index contributed by atoms with van der Waals surface area (Å²) < 4.78 is 27.0. The van der Waals surface area contributed by atoms with E-state index in [0.717, 1.165) is 13.0 Å². The SMILES string of the molecule is CCC(CNC1CC1)Cc1c(F)cccc1F. The molecule has 1 aromatic carbocycles. The second-order valence-corrected chi connectivity index (χ2v) is 4.86. The standard InChI is InChI=1S/C14H19F2N/c1-2-10(9-17-11-6-7-11)8-12-13(15)4-3-5-14(12)16/h3-5,10-11,17H,2,6-9H2,1H3. The summed E-state index contributed by atoms with van der Waals surface area (Å²) in [5, 5.41) is 3.42. The van der Waals surface area contributed by atoms with Gasteiger partial charge in [0.15, 0.2) is 0 Å². The summed E-state index contributed by atoms with van der Waals surface area (Å²) in [5.41, 5.74) is 0.233. The Morgan fingerprint density at radius 1 is 1.29 bits per heavy atom. The van der Waals surface area contributed by atoms with E-state index in [4.69, 9.17) is 0 Å². The molecule has 0 aliphatic heterocycles. The molecule has 1 nitrogen and oxygen atoms in total. The van der Waals surface area contributed by atoms with Crippen LogP contribution in [0.15, 0.2) is 18.2 Å². The van der Waals surface area contributed by atoms with Gasteiger partial charge in [-0.2, -0.15) is 0 Å². The van der Waals surface area contributed by atoms with Crippen LogP contribution in [0.2, 0.25) is 0 Å². The summed E-state index contributed by atoms with van der Waals surface area (Å²) in [7, 11) is 0. The highest BCUT2D eigenvalue weighted by Gasteiger charge is 2.22. The quantitative estimate of drug-likeness (QED) is 0.803. The smallest absolute Gasteiger partial charge is 0.129 e. The molecule has 1 saturated carbocycles. The van der Waals surface area contributed by atoms with Crippen molar-refractivity contribution in [2.24, 2.45) is 5.92 Å². The van der Waals surface area contributed by atoms with E-state index in [-0.39, 0.29) is 5.56 Å². The molecule has 0 amide bonds. The van der Waals surface area contributed by atoms with E-state index in [2.05, 4.69) is 12.2 Å². The van der Waals surface area contributed by atoms with E-state index < -0.39 is 11.6 Å². The number of hydrogen-bond acceptors (Lipinski definition) is 1. The summed E-state index contributed by atoms with van der Waals surface area (Å²) in [4.78, 5) is 0. The molecule has 0 radical (unpaired) electrons. The van der Waals surface area contributed by atoms with E-state index in [0.29, 0.717) is 18.4 Å². The molecule has 0 aromatic heterocycles. The molecule has 1 unspecified atom stereocenters. The Morgan fingerprint density at radius 2 is 1.94 bits per heavy atom. The molecule has 1 atom stereocenters. The molecule has 0 heterocycles. The molecule has 0 saturated heterocycles. The first kappa shape index (κ1) is 12.5. The van der Waals surface area contributed by atoms with Gasteiger partial charge in [-0.3, -0.25) is 0 Å². The van der Waals surface area contributed by atoms with Crippen molar-refractivity contribution in [1.82, 2.24) is 5.32 Å². The van der Waals surface area contributed by atoms with Gasteiger partial charge in [0.05, 0.1) is 0 Å². The summed E-state index contributed by atoms with van der Waals surface area (Å²) in [6.07, 6.45) is 3.90. The second kappa shape index (κ2) is 5.58. The first-order valence-corrected chi connectivity index (χ1v) is 6.37. The third-order valence-corrected chi connectivity index (χ3v) is 3.40. The van der Waals surface area contributed by atoms with Crippen LogP contribution in [0.5, 0.6) is 0 Å². The van der Waals surface area contributed by atoms with Gasteiger partial charge in [-0.25, -0.2) is 8.78 Å². The lowest BCUT2D eigenvalue weighted by atomic mass is 9.96. The average molecular weight is 239 g/mol. The molecule has 1 aliphatic rings. The third kappa shape index (κ3) is 3.50. The minimum absolute atomic E-state index is 0.233. The van der Waals surface area contributed by atoms with Crippen LogP contribution in [-0.2, 0) is 6.42 Å². The lowest BCUT2D eigenvalue weighted by molar-refractivity contribution is 0.437. The van der Waals surface area contributed by atoms with Gasteiger partial charge in [-0.1, -0.05) is 19.4 Å². The Kier molecular flexibility index (Phi) is 4.11.